The second-order valence-corrected chi connectivity index (χ2v) is 11.6. The Labute approximate surface area is 208 Å². The van der Waals surface area contributed by atoms with E-state index in [0.717, 1.165) is 10.5 Å². The first kappa shape index (κ1) is 24.6. The summed E-state index contributed by atoms with van der Waals surface area (Å²) in [6, 6.07) is 9.81. The number of carbonyl (C=O) groups excluding carboxylic acids is 2. The molecular formula is C25H27F2N3O5S. The molecule has 3 fully saturated rings. The number of hydrogen-bond donors (Lipinski definition) is 1. The van der Waals surface area contributed by atoms with Crippen LogP contribution in [0.2, 0.25) is 0 Å². The Morgan fingerprint density at radius 3 is 2.42 bits per heavy atom. The van der Waals surface area contributed by atoms with Gasteiger partial charge in [0.2, 0.25) is 10.0 Å². The second kappa shape index (κ2) is 8.81. The molecule has 3 heterocycles. The van der Waals surface area contributed by atoms with Crippen molar-refractivity contribution in [1.29, 1.82) is 0 Å². The van der Waals surface area contributed by atoms with E-state index in [2.05, 4.69) is 10.1 Å². The van der Waals surface area contributed by atoms with Crippen molar-refractivity contribution in [2.45, 2.75) is 75.2 Å². The maximum absolute atomic E-state index is 13.7. The molecule has 36 heavy (non-hydrogen) atoms. The molecule has 1 spiro atoms. The van der Waals surface area contributed by atoms with Crippen molar-refractivity contribution >= 4 is 22.0 Å². The Bertz CT molecular complexity index is 1320. The molecule has 2 bridgehead atoms. The van der Waals surface area contributed by atoms with Crippen molar-refractivity contribution in [1.82, 2.24) is 14.5 Å². The number of imide groups is 1. The number of amides is 3. The fourth-order valence-corrected chi connectivity index (χ4v) is 7.99. The molecule has 0 aliphatic carbocycles. The monoisotopic (exact) mass is 519 g/mol. The van der Waals surface area contributed by atoms with E-state index in [1.165, 1.54) is 22.5 Å². The third-order valence-electron chi connectivity index (χ3n) is 7.38. The van der Waals surface area contributed by atoms with Gasteiger partial charge in [-0.3, -0.25) is 9.69 Å². The van der Waals surface area contributed by atoms with Crippen molar-refractivity contribution in [2.75, 3.05) is 0 Å². The zero-order valence-electron chi connectivity index (χ0n) is 19.9. The van der Waals surface area contributed by atoms with E-state index >= 15 is 0 Å². The Kier molecular flexibility index (Phi) is 6.03. The van der Waals surface area contributed by atoms with Gasteiger partial charge in [0, 0.05) is 17.6 Å². The standard InChI is InChI=1S/C25H27F2N3O5S/c1-15-7-8-16(2)21(11-15)36(33,34)30-18-9-10-19(30)13-25(12-18)22(31)29(24(32)28-25)14-17-5-3-4-6-20(17)35-23(26)27/h3-8,11,18-19,23H,9-10,12-14H2,1-2H3,(H,28,32)/t18-,19+,25?. The van der Waals surface area contributed by atoms with Crippen LogP contribution in [0.15, 0.2) is 47.4 Å². The van der Waals surface area contributed by atoms with Crippen LogP contribution in [-0.4, -0.2) is 53.8 Å². The summed E-state index contributed by atoms with van der Waals surface area (Å²) in [4.78, 5) is 27.7. The van der Waals surface area contributed by atoms with Gasteiger partial charge in [0.15, 0.2) is 0 Å². The van der Waals surface area contributed by atoms with E-state index in [0.29, 0.717) is 18.4 Å². The topological polar surface area (TPSA) is 96.0 Å². The molecule has 3 aliphatic rings. The second-order valence-electron chi connectivity index (χ2n) is 9.79. The van der Waals surface area contributed by atoms with Crippen LogP contribution in [0.5, 0.6) is 5.75 Å². The van der Waals surface area contributed by atoms with Gasteiger partial charge in [-0.25, -0.2) is 13.2 Å². The number of benzene rings is 2. The smallest absolute Gasteiger partial charge is 0.387 e. The summed E-state index contributed by atoms with van der Waals surface area (Å²) in [7, 11) is -3.80. The quantitative estimate of drug-likeness (QED) is 0.587. The number of nitrogens with one attached hydrogen (secondary N) is 1. The van der Waals surface area contributed by atoms with Crippen molar-refractivity contribution in [3.8, 4) is 5.75 Å². The van der Waals surface area contributed by atoms with Gasteiger partial charge < -0.3 is 10.1 Å². The first-order valence-electron chi connectivity index (χ1n) is 11.8. The molecule has 8 nitrogen and oxygen atoms in total. The van der Waals surface area contributed by atoms with Gasteiger partial charge in [0.1, 0.15) is 11.3 Å². The number of alkyl halides is 2. The number of fused-ring (bicyclic) bond motifs is 2. The minimum absolute atomic E-state index is 0.108. The van der Waals surface area contributed by atoms with E-state index in [-0.39, 0.29) is 35.6 Å². The minimum atomic E-state index is -3.80. The Balaban J connectivity index is 1.40. The van der Waals surface area contributed by atoms with Gasteiger partial charge in [0.05, 0.1) is 11.4 Å². The number of hydrogen-bond acceptors (Lipinski definition) is 5. The molecule has 3 aliphatic heterocycles. The van der Waals surface area contributed by atoms with Gasteiger partial charge in [0.25, 0.3) is 5.91 Å². The number of halogens is 2. The lowest BCUT2D eigenvalue weighted by Crippen LogP contribution is -2.60. The molecule has 1 N–H and O–H groups in total. The maximum atomic E-state index is 13.7. The number of ether oxygens (including phenoxy) is 1. The summed E-state index contributed by atoms with van der Waals surface area (Å²) in [6.45, 7) is 0.326. The average molecular weight is 520 g/mol. The average Bonchev–Trinajstić information content (AvgIpc) is 3.22. The molecule has 1 unspecified atom stereocenters. The Hall–Kier alpha value is -3.05. The van der Waals surface area contributed by atoms with E-state index in [1.807, 2.05) is 13.0 Å². The maximum Gasteiger partial charge on any atom is 0.387 e. The van der Waals surface area contributed by atoms with Gasteiger partial charge in [-0.05, 0) is 62.8 Å². The van der Waals surface area contributed by atoms with Gasteiger partial charge in [-0.15, -0.1) is 0 Å². The molecule has 0 saturated carbocycles. The van der Waals surface area contributed by atoms with Crippen LogP contribution >= 0.6 is 0 Å². The van der Waals surface area contributed by atoms with Crippen LogP contribution in [-0.2, 0) is 21.4 Å². The molecule has 0 aromatic heterocycles. The summed E-state index contributed by atoms with van der Waals surface area (Å²) in [5, 5.41) is 2.81. The summed E-state index contributed by atoms with van der Waals surface area (Å²) >= 11 is 0. The largest absolute Gasteiger partial charge is 0.434 e. The molecule has 3 atom stereocenters. The summed E-state index contributed by atoms with van der Waals surface area (Å²) in [6.07, 6.45) is 1.49. The molecule has 0 radical (unpaired) electrons. The van der Waals surface area contributed by atoms with Crippen molar-refractivity contribution in [2.24, 2.45) is 0 Å². The van der Waals surface area contributed by atoms with Crippen molar-refractivity contribution < 1.29 is 31.5 Å². The van der Waals surface area contributed by atoms with Crippen molar-refractivity contribution in [3.05, 3.63) is 59.2 Å². The summed E-state index contributed by atoms with van der Waals surface area (Å²) in [5.74, 6) is -0.580. The zero-order chi connectivity index (χ0) is 25.8. The highest BCUT2D eigenvalue weighted by atomic mass is 32.2. The molecule has 2 aromatic rings. The fourth-order valence-electron chi connectivity index (χ4n) is 5.81. The van der Waals surface area contributed by atoms with Crippen LogP contribution in [0.25, 0.3) is 0 Å². The summed E-state index contributed by atoms with van der Waals surface area (Å²) in [5.41, 5.74) is 0.539. The van der Waals surface area contributed by atoms with E-state index in [1.54, 1.807) is 25.1 Å². The Morgan fingerprint density at radius 1 is 1.08 bits per heavy atom. The third kappa shape index (κ3) is 4.03. The molecular weight excluding hydrogens is 492 g/mol. The third-order valence-corrected chi connectivity index (χ3v) is 9.53. The number of urea groups is 1. The highest BCUT2D eigenvalue weighted by molar-refractivity contribution is 7.89. The van der Waals surface area contributed by atoms with Gasteiger partial charge in [-0.1, -0.05) is 30.3 Å². The molecule has 3 saturated heterocycles. The highest BCUT2D eigenvalue weighted by Gasteiger charge is 2.60. The molecule has 192 valence electrons. The van der Waals surface area contributed by atoms with Crippen LogP contribution in [0.4, 0.5) is 13.6 Å². The fraction of sp³-hybridized carbons (Fsp3) is 0.440. The van der Waals surface area contributed by atoms with E-state index in [4.69, 9.17) is 0 Å². The van der Waals surface area contributed by atoms with E-state index < -0.39 is 46.2 Å². The van der Waals surface area contributed by atoms with Crippen molar-refractivity contribution in [3.63, 3.8) is 0 Å². The minimum Gasteiger partial charge on any atom is -0.434 e. The highest BCUT2D eigenvalue weighted by Crippen LogP contribution is 2.46. The number of carbonyl (C=O) groups is 2. The molecule has 3 amide bonds. The van der Waals surface area contributed by atoms with Crippen LogP contribution in [0.1, 0.15) is 42.4 Å². The van der Waals surface area contributed by atoms with Crippen LogP contribution in [0.3, 0.4) is 0 Å². The SMILES string of the molecule is Cc1ccc(C)c(S(=O)(=O)N2[C@@H]3CC[C@H]2CC2(C3)NC(=O)N(Cc3ccccc3OC(F)F)C2=O)c1. The zero-order valence-corrected chi connectivity index (χ0v) is 20.7. The Morgan fingerprint density at radius 2 is 1.75 bits per heavy atom. The van der Waals surface area contributed by atoms with Crippen LogP contribution < -0.4 is 10.1 Å². The van der Waals surface area contributed by atoms with E-state index in [9.17, 15) is 26.8 Å². The number of aryl methyl sites for hydroxylation is 2. The first-order chi connectivity index (χ1) is 17.0. The molecule has 2 aromatic carbocycles. The lowest BCUT2D eigenvalue weighted by atomic mass is 9.84. The lowest BCUT2D eigenvalue weighted by molar-refractivity contribution is -0.133. The predicted molar refractivity (Wildman–Crippen MR) is 126 cm³/mol. The molecule has 5 rings (SSSR count). The summed E-state index contributed by atoms with van der Waals surface area (Å²) < 4.78 is 59.0. The predicted octanol–water partition coefficient (Wildman–Crippen LogP) is 3.71. The number of sulfonamides is 1. The number of rotatable bonds is 6. The van der Waals surface area contributed by atoms with Gasteiger partial charge in [-0.2, -0.15) is 13.1 Å². The normalized spacial score (nSPS) is 26.2. The number of para-hydroxylation sites is 1. The number of piperidine rings is 1. The number of nitrogens with zero attached hydrogens (tertiary/aromatic N) is 2. The van der Waals surface area contributed by atoms with Crippen LogP contribution in [0, 0.1) is 13.8 Å². The van der Waals surface area contributed by atoms with Gasteiger partial charge >= 0.3 is 12.6 Å². The first-order valence-corrected chi connectivity index (χ1v) is 13.2. The molecule has 11 heteroatoms. The lowest BCUT2D eigenvalue weighted by Gasteiger charge is -2.42.